The first-order chi connectivity index (χ1) is 13.5. The van der Waals surface area contributed by atoms with Crippen molar-refractivity contribution in [2.24, 2.45) is 0 Å². The quantitative estimate of drug-likeness (QED) is 0.693. The first-order valence-corrected chi connectivity index (χ1v) is 10.5. The molecule has 4 rings (SSSR count). The molecule has 1 aliphatic heterocycles. The Labute approximate surface area is 163 Å². The van der Waals surface area contributed by atoms with Gasteiger partial charge in [0.05, 0.1) is 10.6 Å². The number of aromatic nitrogens is 2. The van der Waals surface area contributed by atoms with Gasteiger partial charge in [0.2, 0.25) is 0 Å². The van der Waals surface area contributed by atoms with Crippen LogP contribution >= 0.6 is 0 Å². The second kappa shape index (κ2) is 7.47. The predicted molar refractivity (Wildman–Crippen MR) is 106 cm³/mol. The molecule has 1 amide bonds. The summed E-state index contributed by atoms with van der Waals surface area (Å²) in [5.41, 5.74) is 2.18. The molecular weight excluding hydrogens is 376 g/mol. The summed E-state index contributed by atoms with van der Waals surface area (Å²) in [7, 11) is -3.84. The Kier molecular flexibility index (Phi) is 4.87. The molecule has 1 saturated heterocycles. The number of benzene rings is 2. The monoisotopic (exact) mass is 396 g/mol. The molecule has 0 bridgehead atoms. The van der Waals surface area contributed by atoms with E-state index in [2.05, 4.69) is 14.9 Å². The minimum Gasteiger partial charge on any atom is -0.337 e. The van der Waals surface area contributed by atoms with Gasteiger partial charge in [0.15, 0.2) is 5.69 Å². The molecule has 1 aliphatic rings. The number of amides is 1. The van der Waals surface area contributed by atoms with E-state index in [-0.39, 0.29) is 22.2 Å². The van der Waals surface area contributed by atoms with E-state index in [0.29, 0.717) is 13.1 Å². The molecule has 144 valence electrons. The van der Waals surface area contributed by atoms with Crippen LogP contribution in [0.1, 0.15) is 23.3 Å². The molecule has 0 saturated carbocycles. The van der Waals surface area contributed by atoms with Gasteiger partial charge in [0.25, 0.3) is 15.9 Å². The average molecular weight is 396 g/mol. The zero-order chi connectivity index (χ0) is 19.6. The Hall–Kier alpha value is -3.13. The maximum Gasteiger partial charge on any atom is 0.276 e. The van der Waals surface area contributed by atoms with Crippen LogP contribution in [0, 0.1) is 0 Å². The summed E-state index contributed by atoms with van der Waals surface area (Å²) in [5.74, 6) is -0.268. The number of sulfonamides is 1. The highest BCUT2D eigenvalue weighted by Gasteiger charge is 2.26. The lowest BCUT2D eigenvalue weighted by molar-refractivity contribution is 0.0788. The van der Waals surface area contributed by atoms with Crippen LogP contribution in [-0.2, 0) is 10.0 Å². The van der Waals surface area contributed by atoms with Gasteiger partial charge >= 0.3 is 0 Å². The number of aromatic amines is 1. The van der Waals surface area contributed by atoms with Crippen LogP contribution in [0.15, 0.2) is 65.7 Å². The summed E-state index contributed by atoms with van der Waals surface area (Å²) in [5, 5.41) is 6.53. The van der Waals surface area contributed by atoms with Crippen molar-refractivity contribution in [3.8, 4) is 11.1 Å². The Morgan fingerprint density at radius 3 is 2.29 bits per heavy atom. The number of hydrogen-bond acceptors (Lipinski definition) is 4. The van der Waals surface area contributed by atoms with Crippen LogP contribution in [0.4, 0.5) is 5.69 Å². The zero-order valence-corrected chi connectivity index (χ0v) is 15.9. The number of nitrogens with zero attached hydrogens (tertiary/aromatic N) is 2. The third kappa shape index (κ3) is 3.63. The summed E-state index contributed by atoms with van der Waals surface area (Å²) in [4.78, 5) is 14.4. The summed E-state index contributed by atoms with van der Waals surface area (Å²) in [6.07, 6.45) is 3.29. The van der Waals surface area contributed by atoms with Gasteiger partial charge < -0.3 is 4.90 Å². The maximum atomic E-state index is 12.8. The van der Waals surface area contributed by atoms with Crippen molar-refractivity contribution in [3.05, 3.63) is 66.5 Å². The molecule has 2 aromatic carbocycles. The highest BCUT2D eigenvalue weighted by molar-refractivity contribution is 7.92. The van der Waals surface area contributed by atoms with E-state index in [1.165, 1.54) is 6.20 Å². The molecule has 3 aromatic rings. The first-order valence-electron chi connectivity index (χ1n) is 9.06. The lowest BCUT2D eigenvalue weighted by atomic mass is 10.1. The summed E-state index contributed by atoms with van der Waals surface area (Å²) in [6, 6.07) is 16.3. The highest BCUT2D eigenvalue weighted by Crippen LogP contribution is 2.24. The van der Waals surface area contributed by atoms with E-state index >= 15 is 0 Å². The van der Waals surface area contributed by atoms with Gasteiger partial charge in [-0.3, -0.25) is 14.6 Å². The molecule has 0 aliphatic carbocycles. The molecule has 1 aromatic heterocycles. The number of likely N-dealkylation sites (tertiary alicyclic amines) is 1. The molecule has 0 spiro atoms. The van der Waals surface area contributed by atoms with Gasteiger partial charge in [-0.15, -0.1) is 0 Å². The van der Waals surface area contributed by atoms with Crippen molar-refractivity contribution in [1.29, 1.82) is 0 Å². The first kappa shape index (κ1) is 18.2. The van der Waals surface area contributed by atoms with Crippen LogP contribution in [0.5, 0.6) is 0 Å². The zero-order valence-electron chi connectivity index (χ0n) is 15.1. The minimum atomic E-state index is -3.84. The second-order valence-corrected chi connectivity index (χ2v) is 8.33. The van der Waals surface area contributed by atoms with E-state index in [0.717, 1.165) is 24.0 Å². The summed E-state index contributed by atoms with van der Waals surface area (Å²) in [6.45, 7) is 1.33. The van der Waals surface area contributed by atoms with Crippen molar-refractivity contribution in [2.75, 3.05) is 17.8 Å². The molecule has 0 atom stereocenters. The molecule has 7 nitrogen and oxygen atoms in total. The van der Waals surface area contributed by atoms with Crippen LogP contribution in [0.2, 0.25) is 0 Å². The number of H-pyrrole nitrogens is 1. The Bertz CT molecular complexity index is 1070. The van der Waals surface area contributed by atoms with E-state index in [1.807, 2.05) is 30.3 Å². The number of nitrogens with one attached hydrogen (secondary N) is 2. The fraction of sp³-hybridized carbons (Fsp3) is 0.200. The van der Waals surface area contributed by atoms with Gasteiger partial charge in [0.1, 0.15) is 0 Å². The van der Waals surface area contributed by atoms with Crippen molar-refractivity contribution >= 4 is 21.6 Å². The molecule has 28 heavy (non-hydrogen) atoms. The molecule has 1 fully saturated rings. The number of rotatable bonds is 5. The number of anilines is 1. The second-order valence-electron chi connectivity index (χ2n) is 6.64. The molecule has 0 radical (unpaired) electrons. The Morgan fingerprint density at radius 2 is 1.61 bits per heavy atom. The number of hydrogen-bond donors (Lipinski definition) is 2. The van der Waals surface area contributed by atoms with Crippen LogP contribution in [0.3, 0.4) is 0 Å². The lowest BCUT2D eigenvalue weighted by Gasteiger charge is -2.15. The van der Waals surface area contributed by atoms with Gasteiger partial charge in [-0.05, 0) is 36.1 Å². The van der Waals surface area contributed by atoms with E-state index in [1.54, 1.807) is 29.2 Å². The Morgan fingerprint density at radius 1 is 0.964 bits per heavy atom. The number of carbonyl (C=O) groups excluding carboxylic acids is 1. The van der Waals surface area contributed by atoms with Crippen molar-refractivity contribution < 1.29 is 13.2 Å². The fourth-order valence-electron chi connectivity index (χ4n) is 3.26. The third-order valence-corrected chi connectivity index (χ3v) is 6.13. The molecule has 2 N–H and O–H groups in total. The SMILES string of the molecule is O=C(c1n[nH]cc1NS(=O)(=O)c1ccc(-c2ccccc2)cc1)N1CCCC1. The smallest absolute Gasteiger partial charge is 0.276 e. The molecular formula is C20H20N4O3S. The van der Waals surface area contributed by atoms with Gasteiger partial charge in [0, 0.05) is 19.3 Å². The third-order valence-electron chi connectivity index (χ3n) is 4.75. The van der Waals surface area contributed by atoms with Crippen molar-refractivity contribution in [2.45, 2.75) is 17.7 Å². The van der Waals surface area contributed by atoms with Gasteiger partial charge in [-0.2, -0.15) is 5.10 Å². The van der Waals surface area contributed by atoms with Gasteiger partial charge in [-0.25, -0.2) is 8.42 Å². The average Bonchev–Trinajstić information content (AvgIpc) is 3.40. The molecule has 2 heterocycles. The minimum absolute atomic E-state index is 0.0892. The highest BCUT2D eigenvalue weighted by atomic mass is 32.2. The fourth-order valence-corrected chi connectivity index (χ4v) is 4.32. The molecule has 8 heteroatoms. The maximum absolute atomic E-state index is 12.8. The van der Waals surface area contributed by atoms with E-state index in [4.69, 9.17) is 0 Å². The Balaban J connectivity index is 1.55. The van der Waals surface area contributed by atoms with E-state index < -0.39 is 10.0 Å². The van der Waals surface area contributed by atoms with Crippen LogP contribution < -0.4 is 4.72 Å². The summed E-state index contributed by atoms with van der Waals surface area (Å²) >= 11 is 0. The lowest BCUT2D eigenvalue weighted by Crippen LogP contribution is -2.29. The van der Waals surface area contributed by atoms with Gasteiger partial charge in [-0.1, -0.05) is 42.5 Å². The normalized spacial score (nSPS) is 14.2. The van der Waals surface area contributed by atoms with Crippen LogP contribution in [-0.4, -0.2) is 42.5 Å². The number of carbonyl (C=O) groups is 1. The summed E-state index contributed by atoms with van der Waals surface area (Å²) < 4.78 is 28.0. The predicted octanol–water partition coefficient (Wildman–Crippen LogP) is 3.11. The topological polar surface area (TPSA) is 95.2 Å². The van der Waals surface area contributed by atoms with Crippen LogP contribution in [0.25, 0.3) is 11.1 Å². The standard InChI is InChI=1S/C20H20N4O3S/c25-20(24-12-4-5-13-24)19-18(14-21-22-19)23-28(26,27)17-10-8-16(9-11-17)15-6-2-1-3-7-15/h1-3,6-11,14,23H,4-5,12-13H2,(H,21,22). The largest absolute Gasteiger partial charge is 0.337 e. The van der Waals surface area contributed by atoms with Crippen molar-refractivity contribution in [1.82, 2.24) is 15.1 Å². The van der Waals surface area contributed by atoms with E-state index in [9.17, 15) is 13.2 Å². The van der Waals surface area contributed by atoms with Crippen molar-refractivity contribution in [3.63, 3.8) is 0 Å². The molecule has 0 unspecified atom stereocenters.